The van der Waals surface area contributed by atoms with Crippen molar-refractivity contribution >= 4 is 15.9 Å². The maximum Gasteiger partial charge on any atom is 0.185 e. The lowest BCUT2D eigenvalue weighted by Crippen LogP contribution is -2.03. The minimum absolute atomic E-state index is 0.276. The van der Waals surface area contributed by atoms with E-state index < -0.39 is 0 Å². The zero-order valence-electron chi connectivity index (χ0n) is 10.6. The van der Waals surface area contributed by atoms with Gasteiger partial charge in [-0.1, -0.05) is 0 Å². The Balaban J connectivity index is 2.15. The van der Waals surface area contributed by atoms with Crippen molar-refractivity contribution < 1.29 is 14.2 Å². The number of aromatic nitrogens is 2. The van der Waals surface area contributed by atoms with Crippen LogP contribution in [-0.2, 0) is 6.61 Å². The molecule has 0 N–H and O–H groups in total. The Morgan fingerprint density at radius 3 is 2.74 bits per heavy atom. The third kappa shape index (κ3) is 3.35. The van der Waals surface area contributed by atoms with Crippen LogP contribution >= 0.6 is 15.9 Å². The lowest BCUT2D eigenvalue weighted by Gasteiger charge is -2.12. The first-order valence-corrected chi connectivity index (χ1v) is 6.33. The van der Waals surface area contributed by atoms with Gasteiger partial charge in [0.15, 0.2) is 11.5 Å². The van der Waals surface area contributed by atoms with Crippen LogP contribution in [0.15, 0.2) is 35.2 Å². The summed E-state index contributed by atoms with van der Waals surface area (Å²) >= 11 is 3.34. The van der Waals surface area contributed by atoms with E-state index in [1.807, 2.05) is 6.07 Å². The first kappa shape index (κ1) is 13.6. The number of methoxy groups -OCH3 is 2. The van der Waals surface area contributed by atoms with E-state index in [9.17, 15) is 0 Å². The van der Waals surface area contributed by atoms with E-state index in [2.05, 4.69) is 25.9 Å². The average Bonchev–Trinajstić information content (AvgIpc) is 2.44. The molecule has 100 valence electrons. The molecule has 0 bridgehead atoms. The van der Waals surface area contributed by atoms with Crippen LogP contribution in [0.5, 0.6) is 17.2 Å². The van der Waals surface area contributed by atoms with Crippen LogP contribution in [0, 0.1) is 0 Å². The van der Waals surface area contributed by atoms with Gasteiger partial charge in [0.2, 0.25) is 0 Å². The van der Waals surface area contributed by atoms with Gasteiger partial charge in [0.1, 0.15) is 18.1 Å². The summed E-state index contributed by atoms with van der Waals surface area (Å²) in [5.41, 5.74) is 0.668. The fourth-order valence-electron chi connectivity index (χ4n) is 1.58. The van der Waals surface area contributed by atoms with Crippen molar-refractivity contribution in [1.29, 1.82) is 0 Å². The predicted octanol–water partition coefficient (Wildman–Crippen LogP) is 2.84. The molecule has 0 spiro atoms. The molecule has 0 amide bonds. The molecule has 0 aliphatic heterocycles. The number of hydrogen-bond donors (Lipinski definition) is 0. The van der Waals surface area contributed by atoms with Gasteiger partial charge in [0.05, 0.1) is 20.4 Å². The molecule has 0 aromatic carbocycles. The number of nitrogens with zero attached hydrogens (tertiary/aromatic N) is 2. The average molecular weight is 325 g/mol. The van der Waals surface area contributed by atoms with Gasteiger partial charge in [0, 0.05) is 22.9 Å². The van der Waals surface area contributed by atoms with Gasteiger partial charge in [0.25, 0.3) is 0 Å². The van der Waals surface area contributed by atoms with Crippen molar-refractivity contribution in [3.8, 4) is 17.2 Å². The minimum Gasteiger partial charge on any atom is -0.493 e. The van der Waals surface area contributed by atoms with Crippen LogP contribution in [-0.4, -0.2) is 24.2 Å². The van der Waals surface area contributed by atoms with Gasteiger partial charge in [-0.3, -0.25) is 9.97 Å². The van der Waals surface area contributed by atoms with Gasteiger partial charge in [-0.25, -0.2) is 0 Å². The van der Waals surface area contributed by atoms with E-state index in [0.717, 1.165) is 4.47 Å². The molecule has 19 heavy (non-hydrogen) atoms. The standard InChI is InChI=1S/C13H13BrN2O3/c1-17-12-3-4-16-11(13(12)18-2)8-19-10-5-9(14)6-15-7-10/h3-7H,8H2,1-2H3. The van der Waals surface area contributed by atoms with Crippen molar-refractivity contribution in [2.24, 2.45) is 0 Å². The van der Waals surface area contributed by atoms with Crippen LogP contribution in [0.2, 0.25) is 0 Å². The van der Waals surface area contributed by atoms with Gasteiger partial charge in [-0.2, -0.15) is 0 Å². The highest BCUT2D eigenvalue weighted by atomic mass is 79.9. The van der Waals surface area contributed by atoms with Crippen molar-refractivity contribution in [1.82, 2.24) is 9.97 Å². The van der Waals surface area contributed by atoms with Gasteiger partial charge in [-0.05, 0) is 22.0 Å². The Bertz CT molecular complexity index is 563. The van der Waals surface area contributed by atoms with Crippen molar-refractivity contribution in [2.75, 3.05) is 14.2 Å². The number of ether oxygens (including phenoxy) is 3. The maximum absolute atomic E-state index is 5.62. The minimum atomic E-state index is 0.276. The molecule has 0 aliphatic carbocycles. The lowest BCUT2D eigenvalue weighted by atomic mass is 10.3. The summed E-state index contributed by atoms with van der Waals surface area (Å²) in [6.45, 7) is 0.276. The molecule has 0 unspecified atom stereocenters. The largest absolute Gasteiger partial charge is 0.493 e. The van der Waals surface area contributed by atoms with Crippen LogP contribution in [0.25, 0.3) is 0 Å². The van der Waals surface area contributed by atoms with Crippen LogP contribution in [0.4, 0.5) is 0 Å². The van der Waals surface area contributed by atoms with Gasteiger partial charge in [-0.15, -0.1) is 0 Å². The summed E-state index contributed by atoms with van der Waals surface area (Å²) < 4.78 is 17.0. The van der Waals surface area contributed by atoms with Crippen molar-refractivity contribution in [3.63, 3.8) is 0 Å². The predicted molar refractivity (Wildman–Crippen MR) is 73.6 cm³/mol. The quantitative estimate of drug-likeness (QED) is 0.846. The van der Waals surface area contributed by atoms with E-state index in [1.165, 1.54) is 0 Å². The topological polar surface area (TPSA) is 53.5 Å². The summed E-state index contributed by atoms with van der Waals surface area (Å²) in [5, 5.41) is 0. The highest BCUT2D eigenvalue weighted by Crippen LogP contribution is 2.29. The Morgan fingerprint density at radius 1 is 1.21 bits per heavy atom. The molecule has 0 radical (unpaired) electrons. The first-order valence-electron chi connectivity index (χ1n) is 5.53. The zero-order valence-corrected chi connectivity index (χ0v) is 12.2. The zero-order chi connectivity index (χ0) is 13.7. The Morgan fingerprint density at radius 2 is 2.05 bits per heavy atom. The number of hydrogen-bond acceptors (Lipinski definition) is 5. The summed E-state index contributed by atoms with van der Waals surface area (Å²) in [7, 11) is 3.16. The summed E-state index contributed by atoms with van der Waals surface area (Å²) in [6, 6.07) is 3.57. The second-order valence-corrected chi connectivity index (χ2v) is 4.54. The molecule has 0 saturated carbocycles. The maximum atomic E-state index is 5.62. The number of rotatable bonds is 5. The summed E-state index contributed by atoms with van der Waals surface area (Å²) in [5.74, 6) is 1.86. The first-order chi connectivity index (χ1) is 9.24. The Labute approximate surface area is 119 Å². The van der Waals surface area contributed by atoms with E-state index >= 15 is 0 Å². The molecule has 2 aromatic rings. The van der Waals surface area contributed by atoms with Crippen molar-refractivity contribution in [3.05, 3.63) is 40.9 Å². The smallest absolute Gasteiger partial charge is 0.185 e. The Kier molecular flexibility index (Phi) is 4.57. The molecule has 6 heteroatoms. The van der Waals surface area contributed by atoms with Gasteiger partial charge >= 0.3 is 0 Å². The molecule has 0 saturated heterocycles. The molecular weight excluding hydrogens is 312 g/mol. The monoisotopic (exact) mass is 324 g/mol. The SMILES string of the molecule is COc1ccnc(COc2cncc(Br)c2)c1OC. The van der Waals surface area contributed by atoms with Crippen molar-refractivity contribution in [2.45, 2.75) is 6.61 Å². The molecular formula is C13H13BrN2O3. The molecule has 5 nitrogen and oxygen atoms in total. The number of halogens is 1. The molecule has 2 aromatic heterocycles. The second-order valence-electron chi connectivity index (χ2n) is 3.62. The van der Waals surface area contributed by atoms with Crippen LogP contribution in [0.1, 0.15) is 5.69 Å². The van der Waals surface area contributed by atoms with Gasteiger partial charge < -0.3 is 14.2 Å². The molecule has 0 aliphatic rings. The lowest BCUT2D eigenvalue weighted by molar-refractivity contribution is 0.283. The molecule has 0 fully saturated rings. The van der Waals surface area contributed by atoms with Crippen LogP contribution < -0.4 is 14.2 Å². The summed E-state index contributed by atoms with van der Waals surface area (Å²) in [4.78, 5) is 8.26. The highest BCUT2D eigenvalue weighted by Gasteiger charge is 2.11. The molecule has 2 rings (SSSR count). The summed E-state index contributed by atoms with van der Waals surface area (Å²) in [6.07, 6.45) is 4.98. The van der Waals surface area contributed by atoms with E-state index in [4.69, 9.17) is 14.2 Å². The van der Waals surface area contributed by atoms with Crippen LogP contribution in [0.3, 0.4) is 0 Å². The third-order valence-electron chi connectivity index (χ3n) is 2.42. The van der Waals surface area contributed by atoms with E-state index in [-0.39, 0.29) is 6.61 Å². The fraction of sp³-hybridized carbons (Fsp3) is 0.231. The Hall–Kier alpha value is -1.82. The fourth-order valence-corrected chi connectivity index (χ4v) is 1.92. The van der Waals surface area contributed by atoms with E-state index in [0.29, 0.717) is 22.9 Å². The third-order valence-corrected chi connectivity index (χ3v) is 2.86. The molecule has 2 heterocycles. The molecule has 0 atom stereocenters. The second kappa shape index (κ2) is 6.38. The highest BCUT2D eigenvalue weighted by molar-refractivity contribution is 9.10. The van der Waals surface area contributed by atoms with E-state index in [1.54, 1.807) is 38.9 Å². The normalized spacial score (nSPS) is 10.1. The number of pyridine rings is 2.